The molecule has 5 heteroatoms. The molecule has 1 saturated carbocycles. The normalized spacial score (nSPS) is 31.1. The van der Waals surface area contributed by atoms with Crippen molar-refractivity contribution in [3.63, 3.8) is 0 Å². The molecule has 1 aliphatic heterocycles. The van der Waals surface area contributed by atoms with Crippen LogP contribution in [0.3, 0.4) is 0 Å². The molecule has 0 radical (unpaired) electrons. The molecule has 19 heavy (non-hydrogen) atoms. The third-order valence-electron chi connectivity index (χ3n) is 4.17. The van der Waals surface area contributed by atoms with E-state index in [-0.39, 0.29) is 18.2 Å². The van der Waals surface area contributed by atoms with Crippen molar-refractivity contribution in [2.24, 2.45) is 5.92 Å². The minimum atomic E-state index is -0.127. The summed E-state index contributed by atoms with van der Waals surface area (Å²) >= 11 is 0. The number of urea groups is 1. The lowest BCUT2D eigenvalue weighted by molar-refractivity contribution is 0.0644. The second-order valence-corrected chi connectivity index (χ2v) is 5.71. The monoisotopic (exact) mass is 270 g/mol. The van der Waals surface area contributed by atoms with Gasteiger partial charge in [0.15, 0.2) is 0 Å². The Kier molecular flexibility index (Phi) is 5.92. The van der Waals surface area contributed by atoms with E-state index in [4.69, 9.17) is 4.74 Å². The molecule has 0 aromatic carbocycles. The summed E-state index contributed by atoms with van der Waals surface area (Å²) in [6.07, 6.45) is 7.19. The fourth-order valence-corrected chi connectivity index (χ4v) is 2.98. The highest BCUT2D eigenvalue weighted by atomic mass is 16.5. The number of carbonyl (C=O) groups excluding carboxylic acids is 1. The topological polar surface area (TPSA) is 70.6 Å². The van der Waals surface area contributed by atoms with E-state index in [0.717, 1.165) is 45.1 Å². The number of nitrogens with one attached hydrogen (secondary N) is 2. The first-order chi connectivity index (χ1) is 9.25. The first kappa shape index (κ1) is 14.6. The molecule has 3 atom stereocenters. The second kappa shape index (κ2) is 7.70. The van der Waals surface area contributed by atoms with Crippen LogP contribution >= 0.6 is 0 Å². The molecule has 3 unspecified atom stereocenters. The van der Waals surface area contributed by atoms with E-state index >= 15 is 0 Å². The van der Waals surface area contributed by atoms with Crippen molar-refractivity contribution in [1.29, 1.82) is 0 Å². The summed E-state index contributed by atoms with van der Waals surface area (Å²) in [7, 11) is 0. The Bertz CT molecular complexity index is 280. The highest BCUT2D eigenvalue weighted by Crippen LogP contribution is 2.27. The van der Waals surface area contributed by atoms with Crippen molar-refractivity contribution < 1.29 is 14.6 Å². The van der Waals surface area contributed by atoms with Gasteiger partial charge in [-0.15, -0.1) is 0 Å². The Morgan fingerprint density at radius 2 is 2.11 bits per heavy atom. The lowest BCUT2D eigenvalue weighted by Crippen LogP contribution is -2.42. The predicted octanol–water partition coefficient (Wildman–Crippen LogP) is 1.41. The van der Waals surface area contributed by atoms with E-state index in [1.165, 1.54) is 6.42 Å². The van der Waals surface area contributed by atoms with E-state index in [9.17, 15) is 9.90 Å². The number of carbonyl (C=O) groups is 1. The lowest BCUT2D eigenvalue weighted by atomic mass is 9.83. The summed E-state index contributed by atoms with van der Waals surface area (Å²) in [6, 6.07) is 0.0693. The standard InChI is InChI=1S/C14H26N2O3/c17-13-6-2-1-4-11(13)5-3-8-15-14(18)16-12-7-9-19-10-12/h11-13,17H,1-10H2,(H2,15,16,18). The van der Waals surface area contributed by atoms with Crippen LogP contribution in [0.5, 0.6) is 0 Å². The van der Waals surface area contributed by atoms with Crippen molar-refractivity contribution in [3.8, 4) is 0 Å². The Hall–Kier alpha value is -0.810. The third-order valence-corrected chi connectivity index (χ3v) is 4.17. The molecule has 5 nitrogen and oxygen atoms in total. The Labute approximate surface area is 115 Å². The number of rotatable bonds is 5. The quantitative estimate of drug-likeness (QED) is 0.661. The first-order valence-electron chi connectivity index (χ1n) is 7.56. The predicted molar refractivity (Wildman–Crippen MR) is 73.0 cm³/mol. The van der Waals surface area contributed by atoms with Gasteiger partial charge in [-0.3, -0.25) is 0 Å². The molecule has 2 fully saturated rings. The van der Waals surface area contributed by atoms with Crippen LogP contribution in [0.2, 0.25) is 0 Å². The molecule has 0 spiro atoms. The fourth-order valence-electron chi connectivity index (χ4n) is 2.98. The number of amides is 2. The molecule has 0 bridgehead atoms. The fraction of sp³-hybridized carbons (Fsp3) is 0.929. The summed E-state index contributed by atoms with van der Waals surface area (Å²) in [4.78, 5) is 11.6. The summed E-state index contributed by atoms with van der Waals surface area (Å²) in [5.41, 5.74) is 0. The van der Waals surface area contributed by atoms with Crippen molar-refractivity contribution in [3.05, 3.63) is 0 Å². The molecule has 1 saturated heterocycles. The molecule has 0 aromatic heterocycles. The van der Waals surface area contributed by atoms with E-state index in [2.05, 4.69) is 10.6 Å². The van der Waals surface area contributed by atoms with Gasteiger partial charge >= 0.3 is 6.03 Å². The number of ether oxygens (including phenoxy) is 1. The Balaban J connectivity index is 1.52. The molecule has 3 N–H and O–H groups in total. The number of hydrogen-bond donors (Lipinski definition) is 3. The lowest BCUT2D eigenvalue weighted by Gasteiger charge is -2.27. The molecule has 1 heterocycles. The first-order valence-corrected chi connectivity index (χ1v) is 7.56. The van der Waals surface area contributed by atoms with Gasteiger partial charge in [0, 0.05) is 13.2 Å². The van der Waals surface area contributed by atoms with Gasteiger partial charge in [-0.05, 0) is 38.0 Å². The van der Waals surface area contributed by atoms with E-state index in [1.54, 1.807) is 0 Å². The summed E-state index contributed by atoms with van der Waals surface area (Å²) < 4.78 is 5.20. The van der Waals surface area contributed by atoms with E-state index in [1.807, 2.05) is 0 Å². The molecule has 1 aliphatic carbocycles. The molecule has 0 aromatic rings. The van der Waals surface area contributed by atoms with Crippen LogP contribution in [-0.2, 0) is 4.74 Å². The van der Waals surface area contributed by atoms with Gasteiger partial charge in [-0.1, -0.05) is 12.8 Å². The van der Waals surface area contributed by atoms with Crippen molar-refractivity contribution >= 4 is 6.03 Å². The minimum Gasteiger partial charge on any atom is -0.393 e. The van der Waals surface area contributed by atoms with E-state index in [0.29, 0.717) is 19.1 Å². The summed E-state index contributed by atoms with van der Waals surface area (Å²) in [5.74, 6) is 0.432. The van der Waals surface area contributed by atoms with Crippen molar-refractivity contribution in [2.45, 2.75) is 57.1 Å². The maximum Gasteiger partial charge on any atom is 0.315 e. The van der Waals surface area contributed by atoms with Gasteiger partial charge in [-0.2, -0.15) is 0 Å². The second-order valence-electron chi connectivity index (χ2n) is 5.71. The van der Waals surface area contributed by atoms with Gasteiger partial charge < -0.3 is 20.5 Å². The number of hydrogen-bond acceptors (Lipinski definition) is 3. The van der Waals surface area contributed by atoms with Gasteiger partial charge in [0.05, 0.1) is 18.8 Å². The number of aliphatic hydroxyl groups excluding tert-OH is 1. The Morgan fingerprint density at radius 3 is 2.84 bits per heavy atom. The average molecular weight is 270 g/mol. The molecule has 2 amide bonds. The minimum absolute atomic E-state index is 0.0975. The van der Waals surface area contributed by atoms with Crippen molar-refractivity contribution in [1.82, 2.24) is 10.6 Å². The van der Waals surface area contributed by atoms with Gasteiger partial charge in [-0.25, -0.2) is 4.79 Å². The van der Waals surface area contributed by atoms with Crippen LogP contribution in [0, 0.1) is 5.92 Å². The highest BCUT2D eigenvalue weighted by Gasteiger charge is 2.22. The van der Waals surface area contributed by atoms with Crippen LogP contribution in [-0.4, -0.2) is 43.0 Å². The molecule has 2 aliphatic rings. The number of aliphatic hydroxyl groups is 1. The van der Waals surface area contributed by atoms with Crippen LogP contribution < -0.4 is 10.6 Å². The van der Waals surface area contributed by atoms with Gasteiger partial charge in [0.25, 0.3) is 0 Å². The van der Waals surface area contributed by atoms with E-state index < -0.39 is 0 Å². The van der Waals surface area contributed by atoms with Crippen LogP contribution in [0.4, 0.5) is 4.79 Å². The average Bonchev–Trinajstić information content (AvgIpc) is 2.89. The molecule has 110 valence electrons. The van der Waals surface area contributed by atoms with Gasteiger partial charge in [0.1, 0.15) is 0 Å². The maximum atomic E-state index is 11.6. The smallest absolute Gasteiger partial charge is 0.315 e. The summed E-state index contributed by atoms with van der Waals surface area (Å²) in [6.45, 7) is 2.05. The van der Waals surface area contributed by atoms with Crippen molar-refractivity contribution in [2.75, 3.05) is 19.8 Å². The zero-order chi connectivity index (χ0) is 13.5. The maximum absolute atomic E-state index is 11.6. The molecular formula is C14H26N2O3. The zero-order valence-electron chi connectivity index (χ0n) is 11.6. The van der Waals surface area contributed by atoms with Crippen LogP contribution in [0.15, 0.2) is 0 Å². The van der Waals surface area contributed by atoms with Crippen LogP contribution in [0.25, 0.3) is 0 Å². The van der Waals surface area contributed by atoms with Gasteiger partial charge in [0.2, 0.25) is 0 Å². The Morgan fingerprint density at radius 1 is 1.26 bits per heavy atom. The molecular weight excluding hydrogens is 244 g/mol. The van der Waals surface area contributed by atoms with Crippen LogP contribution in [0.1, 0.15) is 44.9 Å². The SMILES string of the molecule is O=C(NCCCC1CCCCC1O)NC1CCOC1. The molecule has 2 rings (SSSR count). The third kappa shape index (κ3) is 4.99. The highest BCUT2D eigenvalue weighted by molar-refractivity contribution is 5.74. The zero-order valence-corrected chi connectivity index (χ0v) is 11.6. The summed E-state index contributed by atoms with van der Waals surface area (Å²) in [5, 5.41) is 15.6. The largest absolute Gasteiger partial charge is 0.393 e.